The molecule has 0 fully saturated rings. The van der Waals surface area contributed by atoms with Crippen molar-refractivity contribution in [3.63, 3.8) is 0 Å². The van der Waals surface area contributed by atoms with E-state index in [1.807, 2.05) is 62.4 Å². The first-order chi connectivity index (χ1) is 17.1. The highest BCUT2D eigenvalue weighted by atomic mass is 16.3. The van der Waals surface area contributed by atoms with Crippen molar-refractivity contribution in [1.29, 1.82) is 0 Å². The number of carbonyl (C=O) groups is 2. The number of para-hydroxylation sites is 1. The summed E-state index contributed by atoms with van der Waals surface area (Å²) >= 11 is 0. The molecule has 2 aromatic heterocycles. The molecule has 0 aliphatic heterocycles. The number of anilines is 1. The molecule has 0 radical (unpaired) electrons. The maximum absolute atomic E-state index is 13.4. The Kier molecular flexibility index (Phi) is 7.10. The van der Waals surface area contributed by atoms with Crippen LogP contribution in [0.3, 0.4) is 0 Å². The molecule has 0 saturated carbocycles. The number of nitrogens with zero attached hydrogens (tertiary/aromatic N) is 3. The average molecular weight is 485 g/mol. The van der Waals surface area contributed by atoms with Crippen LogP contribution in [0.2, 0.25) is 0 Å². The second-order valence-corrected chi connectivity index (χ2v) is 9.97. The molecule has 7 nitrogen and oxygen atoms in total. The predicted octanol–water partition coefficient (Wildman–Crippen LogP) is 5.66. The normalized spacial score (nSPS) is 11.4. The molecule has 36 heavy (non-hydrogen) atoms. The van der Waals surface area contributed by atoms with Crippen molar-refractivity contribution in [2.75, 3.05) is 11.9 Å². The number of amides is 2. The van der Waals surface area contributed by atoms with Gasteiger partial charge in [0, 0.05) is 17.0 Å². The van der Waals surface area contributed by atoms with E-state index in [2.05, 4.69) is 26.1 Å². The number of hydrogen-bond donors (Lipinski definition) is 1. The van der Waals surface area contributed by atoms with Crippen LogP contribution in [0.5, 0.6) is 0 Å². The fraction of sp³-hybridized carbons (Fsp3) is 0.276. The number of furan rings is 1. The van der Waals surface area contributed by atoms with E-state index < -0.39 is 0 Å². The van der Waals surface area contributed by atoms with E-state index in [1.165, 1.54) is 4.90 Å². The lowest BCUT2D eigenvalue weighted by molar-refractivity contribution is -0.117. The van der Waals surface area contributed by atoms with Gasteiger partial charge >= 0.3 is 0 Å². The Balaban J connectivity index is 1.63. The van der Waals surface area contributed by atoms with E-state index in [-0.39, 0.29) is 30.3 Å². The van der Waals surface area contributed by atoms with Gasteiger partial charge in [-0.05, 0) is 49.2 Å². The molecule has 0 spiro atoms. The smallest absolute Gasteiger partial charge is 0.255 e. The van der Waals surface area contributed by atoms with Gasteiger partial charge in [0.15, 0.2) is 0 Å². The van der Waals surface area contributed by atoms with Crippen LogP contribution in [-0.2, 0) is 16.8 Å². The van der Waals surface area contributed by atoms with Gasteiger partial charge in [-0.15, -0.1) is 0 Å². The molecular weight excluding hydrogens is 452 g/mol. The standard InChI is InChI=1S/C29H32N4O3/c1-20-11-6-8-14-23(20)28(35)32(18-22-13-10-16-36-22)19-27(34)30-26-17-25(29(3,4)5)31-33(26)24-15-9-7-12-21(24)2/h6-17H,18-19H2,1-5H3,(H,30,34). The largest absolute Gasteiger partial charge is 0.467 e. The van der Waals surface area contributed by atoms with E-state index in [9.17, 15) is 9.59 Å². The van der Waals surface area contributed by atoms with Crippen molar-refractivity contribution < 1.29 is 14.0 Å². The molecule has 0 aliphatic rings. The van der Waals surface area contributed by atoms with E-state index in [0.717, 1.165) is 22.5 Å². The fourth-order valence-corrected chi connectivity index (χ4v) is 3.95. The topological polar surface area (TPSA) is 80.4 Å². The first kappa shape index (κ1) is 25.0. The maximum Gasteiger partial charge on any atom is 0.255 e. The van der Waals surface area contributed by atoms with E-state index in [4.69, 9.17) is 9.52 Å². The Bertz CT molecular complexity index is 1360. The lowest BCUT2D eigenvalue weighted by Gasteiger charge is -2.22. The summed E-state index contributed by atoms with van der Waals surface area (Å²) < 4.78 is 7.23. The number of aromatic nitrogens is 2. The quantitative estimate of drug-likeness (QED) is 0.367. The third kappa shape index (κ3) is 5.57. The van der Waals surface area contributed by atoms with Crippen molar-refractivity contribution in [3.8, 4) is 5.69 Å². The zero-order valence-corrected chi connectivity index (χ0v) is 21.4. The SMILES string of the molecule is Cc1ccccc1C(=O)N(CC(=O)Nc1cc(C(C)(C)C)nn1-c1ccccc1C)Cc1ccco1. The summed E-state index contributed by atoms with van der Waals surface area (Å²) in [5.41, 5.74) is 3.96. The molecule has 0 atom stereocenters. The molecule has 2 aromatic carbocycles. The molecule has 186 valence electrons. The number of aryl methyl sites for hydroxylation is 2. The van der Waals surface area contributed by atoms with Crippen LogP contribution in [0.1, 0.15) is 53.7 Å². The van der Waals surface area contributed by atoms with Crippen molar-refractivity contribution in [1.82, 2.24) is 14.7 Å². The zero-order chi connectivity index (χ0) is 25.9. The molecule has 2 amide bonds. The molecule has 2 heterocycles. The third-order valence-electron chi connectivity index (χ3n) is 6.01. The first-order valence-electron chi connectivity index (χ1n) is 12.0. The van der Waals surface area contributed by atoms with Gasteiger partial charge in [-0.2, -0.15) is 5.10 Å². The van der Waals surface area contributed by atoms with Gasteiger partial charge in [0.05, 0.1) is 24.2 Å². The Morgan fingerprint density at radius 2 is 1.67 bits per heavy atom. The highest BCUT2D eigenvalue weighted by Gasteiger charge is 2.25. The number of benzene rings is 2. The summed E-state index contributed by atoms with van der Waals surface area (Å²) in [6.45, 7) is 10.2. The van der Waals surface area contributed by atoms with Crippen molar-refractivity contribution in [2.24, 2.45) is 0 Å². The minimum atomic E-state index is -0.321. The monoisotopic (exact) mass is 484 g/mol. The van der Waals surface area contributed by atoms with Crippen molar-refractivity contribution >= 4 is 17.6 Å². The predicted molar refractivity (Wildman–Crippen MR) is 140 cm³/mol. The van der Waals surface area contributed by atoms with Crippen molar-refractivity contribution in [3.05, 3.63) is 101 Å². The second-order valence-electron chi connectivity index (χ2n) is 9.97. The average Bonchev–Trinajstić information content (AvgIpc) is 3.49. The molecule has 1 N–H and O–H groups in total. The summed E-state index contributed by atoms with van der Waals surface area (Å²) in [5.74, 6) is 0.603. The summed E-state index contributed by atoms with van der Waals surface area (Å²) in [6.07, 6.45) is 1.56. The van der Waals surface area contributed by atoms with Crippen LogP contribution < -0.4 is 5.32 Å². The zero-order valence-electron chi connectivity index (χ0n) is 21.4. The minimum Gasteiger partial charge on any atom is -0.467 e. The van der Waals surface area contributed by atoms with Crippen LogP contribution in [-0.4, -0.2) is 33.0 Å². The van der Waals surface area contributed by atoms with Gasteiger partial charge < -0.3 is 14.6 Å². The summed E-state index contributed by atoms with van der Waals surface area (Å²) in [6, 6.07) is 20.7. The molecule has 7 heteroatoms. The number of hydrogen-bond acceptors (Lipinski definition) is 4. The molecule has 0 bridgehead atoms. The molecule has 0 saturated heterocycles. The summed E-state index contributed by atoms with van der Waals surface area (Å²) in [4.78, 5) is 28.3. The highest BCUT2D eigenvalue weighted by Crippen LogP contribution is 2.27. The summed E-state index contributed by atoms with van der Waals surface area (Å²) in [7, 11) is 0. The third-order valence-corrected chi connectivity index (χ3v) is 6.01. The van der Waals surface area contributed by atoms with Gasteiger partial charge in [0.1, 0.15) is 18.1 Å². The van der Waals surface area contributed by atoms with E-state index in [1.54, 1.807) is 29.1 Å². The first-order valence-corrected chi connectivity index (χ1v) is 12.0. The van der Waals surface area contributed by atoms with Crippen LogP contribution in [0.4, 0.5) is 5.82 Å². The van der Waals surface area contributed by atoms with Gasteiger partial charge in [0.25, 0.3) is 5.91 Å². The molecule has 0 unspecified atom stereocenters. The van der Waals surface area contributed by atoms with Crippen LogP contribution >= 0.6 is 0 Å². The molecule has 4 aromatic rings. The van der Waals surface area contributed by atoms with Crippen molar-refractivity contribution in [2.45, 2.75) is 46.6 Å². The Hall–Kier alpha value is -4.13. The molecule has 0 aliphatic carbocycles. The Labute approximate surface area is 211 Å². The summed E-state index contributed by atoms with van der Waals surface area (Å²) in [5, 5.41) is 7.80. The van der Waals surface area contributed by atoms with E-state index >= 15 is 0 Å². The van der Waals surface area contributed by atoms with Crippen LogP contribution in [0.15, 0.2) is 77.4 Å². The molecule has 4 rings (SSSR count). The molecular formula is C29H32N4O3. The number of rotatable bonds is 7. The van der Waals surface area contributed by atoms with E-state index in [0.29, 0.717) is 17.1 Å². The van der Waals surface area contributed by atoms with Crippen LogP contribution in [0.25, 0.3) is 5.69 Å². The second kappa shape index (κ2) is 10.2. The Morgan fingerprint density at radius 1 is 0.972 bits per heavy atom. The Morgan fingerprint density at radius 3 is 2.31 bits per heavy atom. The van der Waals surface area contributed by atoms with Gasteiger partial charge in [-0.25, -0.2) is 4.68 Å². The van der Waals surface area contributed by atoms with Gasteiger partial charge in [-0.3, -0.25) is 9.59 Å². The minimum absolute atomic E-state index is 0.141. The fourth-order valence-electron chi connectivity index (χ4n) is 3.95. The number of nitrogens with one attached hydrogen (secondary N) is 1. The maximum atomic E-state index is 13.4. The van der Waals surface area contributed by atoms with Gasteiger partial charge in [0.2, 0.25) is 5.91 Å². The van der Waals surface area contributed by atoms with Gasteiger partial charge in [-0.1, -0.05) is 57.2 Å². The highest BCUT2D eigenvalue weighted by molar-refractivity contribution is 6.00. The lowest BCUT2D eigenvalue weighted by Crippen LogP contribution is -2.38. The van der Waals surface area contributed by atoms with Crippen LogP contribution in [0, 0.1) is 13.8 Å². The lowest BCUT2D eigenvalue weighted by atomic mass is 9.92. The number of carbonyl (C=O) groups excluding carboxylic acids is 2.